The van der Waals surface area contributed by atoms with E-state index in [1.54, 1.807) is 6.20 Å². The van der Waals surface area contributed by atoms with E-state index >= 15 is 0 Å². The Morgan fingerprint density at radius 2 is 1.86 bits per heavy atom. The van der Waals surface area contributed by atoms with Gasteiger partial charge in [-0.3, -0.25) is 4.90 Å². The van der Waals surface area contributed by atoms with Gasteiger partial charge in [-0.05, 0) is 25.8 Å². The number of aromatic nitrogens is 4. The number of nitrogens with zero attached hydrogens (tertiary/aromatic N) is 5. The average molecular weight is 289 g/mol. The quantitative estimate of drug-likeness (QED) is 0.917. The lowest BCUT2D eigenvalue weighted by atomic mass is 9.94. The molecule has 3 heterocycles. The topological polar surface area (TPSA) is 59.1 Å². The van der Waals surface area contributed by atoms with Gasteiger partial charge in [0.1, 0.15) is 17.2 Å². The van der Waals surface area contributed by atoms with Crippen LogP contribution in [0.4, 0.5) is 0 Å². The molecule has 2 aromatic heterocycles. The third kappa shape index (κ3) is 2.87. The highest BCUT2D eigenvalue weighted by molar-refractivity contribution is 5.06. The SMILES string of the molecule is Cn1ccnc1CN1CCC[C@@](O)(c2nccn2C)CC1. The van der Waals surface area contributed by atoms with Crippen LogP contribution < -0.4 is 0 Å². The van der Waals surface area contributed by atoms with E-state index in [0.29, 0.717) is 6.42 Å². The van der Waals surface area contributed by atoms with Crippen molar-refractivity contribution in [1.82, 2.24) is 24.0 Å². The number of likely N-dealkylation sites (tertiary alicyclic amines) is 1. The highest BCUT2D eigenvalue weighted by atomic mass is 16.3. The van der Waals surface area contributed by atoms with Gasteiger partial charge < -0.3 is 14.2 Å². The zero-order valence-electron chi connectivity index (χ0n) is 12.7. The van der Waals surface area contributed by atoms with E-state index in [1.165, 1.54) is 0 Å². The molecule has 0 amide bonds. The Kier molecular flexibility index (Phi) is 3.82. The van der Waals surface area contributed by atoms with Crippen molar-refractivity contribution in [3.05, 3.63) is 36.4 Å². The highest BCUT2D eigenvalue weighted by Gasteiger charge is 2.35. The molecule has 1 fully saturated rings. The fourth-order valence-electron chi connectivity index (χ4n) is 3.12. The lowest BCUT2D eigenvalue weighted by Crippen LogP contribution is -2.31. The molecule has 0 aliphatic carbocycles. The summed E-state index contributed by atoms with van der Waals surface area (Å²) in [5.74, 6) is 1.85. The van der Waals surface area contributed by atoms with Crippen molar-refractivity contribution in [2.45, 2.75) is 31.4 Å². The summed E-state index contributed by atoms with van der Waals surface area (Å²) >= 11 is 0. The number of aliphatic hydroxyl groups is 1. The van der Waals surface area contributed by atoms with E-state index in [9.17, 15) is 5.11 Å². The molecule has 1 aliphatic rings. The number of rotatable bonds is 3. The van der Waals surface area contributed by atoms with Crippen LogP contribution in [0.1, 0.15) is 30.9 Å². The molecular weight excluding hydrogens is 266 g/mol. The van der Waals surface area contributed by atoms with E-state index in [0.717, 1.165) is 44.1 Å². The van der Waals surface area contributed by atoms with Crippen LogP contribution in [0, 0.1) is 0 Å². The molecule has 1 saturated heterocycles. The van der Waals surface area contributed by atoms with Crippen LogP contribution >= 0.6 is 0 Å². The summed E-state index contributed by atoms with van der Waals surface area (Å²) in [7, 11) is 3.96. The minimum atomic E-state index is -0.811. The first-order valence-corrected chi connectivity index (χ1v) is 7.47. The molecule has 3 rings (SSSR count). The Bertz CT molecular complexity index is 605. The van der Waals surface area contributed by atoms with Gasteiger partial charge in [0.2, 0.25) is 0 Å². The summed E-state index contributed by atoms with van der Waals surface area (Å²) in [6, 6.07) is 0. The smallest absolute Gasteiger partial charge is 0.140 e. The molecule has 0 aromatic carbocycles. The second-order valence-electron chi connectivity index (χ2n) is 5.98. The molecule has 21 heavy (non-hydrogen) atoms. The molecule has 0 spiro atoms. The molecule has 0 saturated carbocycles. The normalized spacial score (nSPS) is 24.1. The fraction of sp³-hybridized carbons (Fsp3) is 0.600. The molecule has 0 radical (unpaired) electrons. The van der Waals surface area contributed by atoms with Gasteiger partial charge in [-0.2, -0.15) is 0 Å². The van der Waals surface area contributed by atoms with Gasteiger partial charge in [-0.15, -0.1) is 0 Å². The maximum Gasteiger partial charge on any atom is 0.140 e. The third-order valence-corrected chi connectivity index (χ3v) is 4.43. The second kappa shape index (κ2) is 5.61. The molecule has 6 nitrogen and oxygen atoms in total. The maximum atomic E-state index is 11.0. The highest BCUT2D eigenvalue weighted by Crippen LogP contribution is 2.31. The van der Waals surface area contributed by atoms with Gasteiger partial charge in [0, 0.05) is 45.4 Å². The van der Waals surface area contributed by atoms with Crippen molar-refractivity contribution < 1.29 is 5.11 Å². The lowest BCUT2D eigenvalue weighted by molar-refractivity contribution is 0.00965. The summed E-state index contributed by atoms with van der Waals surface area (Å²) in [5, 5.41) is 11.0. The van der Waals surface area contributed by atoms with Crippen LogP contribution in [0.25, 0.3) is 0 Å². The van der Waals surface area contributed by atoms with E-state index in [2.05, 4.69) is 19.4 Å². The predicted molar refractivity (Wildman–Crippen MR) is 79.4 cm³/mol. The molecule has 1 aliphatic heterocycles. The Labute approximate surface area is 125 Å². The van der Waals surface area contributed by atoms with Crippen LogP contribution in [0.15, 0.2) is 24.8 Å². The van der Waals surface area contributed by atoms with Gasteiger partial charge in [0.25, 0.3) is 0 Å². The zero-order chi connectivity index (χ0) is 14.9. The number of hydrogen-bond donors (Lipinski definition) is 1. The van der Waals surface area contributed by atoms with Crippen molar-refractivity contribution in [2.75, 3.05) is 13.1 Å². The summed E-state index contributed by atoms with van der Waals surface area (Å²) in [5.41, 5.74) is -0.811. The first kappa shape index (κ1) is 14.3. The fourth-order valence-corrected chi connectivity index (χ4v) is 3.12. The molecule has 0 unspecified atom stereocenters. The van der Waals surface area contributed by atoms with E-state index in [-0.39, 0.29) is 0 Å². The maximum absolute atomic E-state index is 11.0. The molecule has 1 N–H and O–H groups in total. The molecule has 114 valence electrons. The summed E-state index contributed by atoms with van der Waals surface area (Å²) in [6.07, 6.45) is 9.88. The van der Waals surface area contributed by atoms with Crippen LogP contribution in [0.2, 0.25) is 0 Å². The largest absolute Gasteiger partial charge is 0.382 e. The van der Waals surface area contributed by atoms with Crippen LogP contribution in [-0.4, -0.2) is 42.2 Å². The predicted octanol–water partition coefficient (Wildman–Crippen LogP) is 1.03. The van der Waals surface area contributed by atoms with Crippen molar-refractivity contribution in [1.29, 1.82) is 0 Å². The second-order valence-corrected chi connectivity index (χ2v) is 5.98. The Morgan fingerprint density at radius 3 is 2.52 bits per heavy atom. The van der Waals surface area contributed by atoms with Crippen molar-refractivity contribution in [3.63, 3.8) is 0 Å². The molecule has 1 atom stereocenters. The Hall–Kier alpha value is -1.66. The van der Waals surface area contributed by atoms with Gasteiger partial charge in [-0.1, -0.05) is 0 Å². The first-order chi connectivity index (χ1) is 10.1. The number of aryl methyl sites for hydroxylation is 2. The minimum absolute atomic E-state index is 0.711. The lowest BCUT2D eigenvalue weighted by Gasteiger charge is -2.26. The zero-order valence-corrected chi connectivity index (χ0v) is 12.7. The molecular formula is C15H23N5O. The minimum Gasteiger partial charge on any atom is -0.382 e. The van der Waals surface area contributed by atoms with E-state index in [4.69, 9.17) is 0 Å². The molecule has 2 aromatic rings. The summed E-state index contributed by atoms with van der Waals surface area (Å²) < 4.78 is 3.98. The van der Waals surface area contributed by atoms with Gasteiger partial charge in [0.05, 0.1) is 6.54 Å². The van der Waals surface area contributed by atoms with Crippen LogP contribution in [0.5, 0.6) is 0 Å². The standard InChI is InChI=1S/C15H23N5O/c1-18-10-6-16-13(18)12-20-8-3-4-15(21,5-9-20)14-17-7-11-19(14)2/h6-7,10-11,21H,3-5,8-9,12H2,1-2H3/t15-/m0/s1. The summed E-state index contributed by atoms with van der Waals surface area (Å²) in [4.78, 5) is 11.1. The first-order valence-electron chi connectivity index (χ1n) is 7.47. The van der Waals surface area contributed by atoms with E-state index in [1.807, 2.05) is 37.3 Å². The monoisotopic (exact) mass is 289 g/mol. The van der Waals surface area contributed by atoms with Gasteiger partial charge >= 0.3 is 0 Å². The van der Waals surface area contributed by atoms with Crippen LogP contribution in [-0.2, 0) is 26.2 Å². The average Bonchev–Trinajstić information content (AvgIpc) is 3.00. The number of imidazole rings is 2. The third-order valence-electron chi connectivity index (χ3n) is 4.43. The summed E-state index contributed by atoms with van der Waals surface area (Å²) in [6.45, 7) is 2.68. The number of hydrogen-bond acceptors (Lipinski definition) is 4. The molecule has 6 heteroatoms. The van der Waals surface area contributed by atoms with Crippen molar-refractivity contribution in [2.24, 2.45) is 14.1 Å². The van der Waals surface area contributed by atoms with Crippen molar-refractivity contribution >= 4 is 0 Å². The van der Waals surface area contributed by atoms with E-state index < -0.39 is 5.60 Å². The van der Waals surface area contributed by atoms with Crippen molar-refractivity contribution in [3.8, 4) is 0 Å². The van der Waals surface area contributed by atoms with Gasteiger partial charge in [-0.25, -0.2) is 9.97 Å². The Morgan fingerprint density at radius 1 is 1.10 bits per heavy atom. The van der Waals surface area contributed by atoms with Crippen LogP contribution in [0.3, 0.4) is 0 Å². The molecule has 0 bridgehead atoms. The van der Waals surface area contributed by atoms with Gasteiger partial charge in [0.15, 0.2) is 0 Å². The Balaban J connectivity index is 1.69.